The van der Waals surface area contributed by atoms with E-state index in [-0.39, 0.29) is 21.8 Å². The molecule has 9 heteroatoms. The lowest BCUT2D eigenvalue weighted by atomic mass is 10.1. The number of nitrogens with one attached hydrogen (secondary N) is 2. The van der Waals surface area contributed by atoms with Gasteiger partial charge in [0.15, 0.2) is 0 Å². The molecule has 1 atom stereocenters. The first-order valence-electron chi connectivity index (χ1n) is 7.04. The lowest BCUT2D eigenvalue weighted by Gasteiger charge is -2.13. The van der Waals surface area contributed by atoms with Crippen LogP contribution in [0.5, 0.6) is 0 Å². The summed E-state index contributed by atoms with van der Waals surface area (Å²) in [6, 6.07) is 7.18. The molecular formula is C14H18N4O3S2. The van der Waals surface area contributed by atoms with Crippen LogP contribution in [0.25, 0.3) is 0 Å². The molecule has 2 N–H and O–H groups in total. The monoisotopic (exact) mass is 354 g/mol. The zero-order valence-corrected chi connectivity index (χ0v) is 14.7. The number of hydrogen-bond acceptors (Lipinski definition) is 6. The molecule has 0 aliphatic heterocycles. The quantitative estimate of drug-likeness (QED) is 0.775. The average Bonchev–Trinajstić information content (AvgIpc) is 2.96. The number of amides is 1. The average molecular weight is 354 g/mol. The van der Waals surface area contributed by atoms with Crippen molar-refractivity contribution in [3.05, 3.63) is 35.4 Å². The highest BCUT2D eigenvalue weighted by Crippen LogP contribution is 2.22. The van der Waals surface area contributed by atoms with E-state index in [2.05, 4.69) is 20.2 Å². The van der Waals surface area contributed by atoms with E-state index >= 15 is 0 Å². The van der Waals surface area contributed by atoms with Gasteiger partial charge in [-0.15, -0.1) is 10.2 Å². The van der Waals surface area contributed by atoms with Crippen molar-refractivity contribution in [3.63, 3.8) is 0 Å². The molecule has 0 saturated heterocycles. The van der Waals surface area contributed by atoms with Gasteiger partial charge in [0.1, 0.15) is 0 Å². The van der Waals surface area contributed by atoms with Gasteiger partial charge < -0.3 is 5.32 Å². The Hall–Kier alpha value is -1.84. The molecule has 0 aliphatic rings. The molecule has 0 fully saturated rings. The Morgan fingerprint density at radius 3 is 2.52 bits per heavy atom. The third-order valence-corrected chi connectivity index (χ3v) is 5.86. The van der Waals surface area contributed by atoms with Crippen LogP contribution in [0, 0.1) is 6.92 Å². The molecule has 0 radical (unpaired) electrons. The molecule has 1 heterocycles. The van der Waals surface area contributed by atoms with Gasteiger partial charge in [-0.1, -0.05) is 48.1 Å². The second-order valence-corrected chi connectivity index (χ2v) is 7.89. The van der Waals surface area contributed by atoms with Crippen molar-refractivity contribution in [1.29, 1.82) is 0 Å². The van der Waals surface area contributed by atoms with Crippen molar-refractivity contribution < 1.29 is 13.2 Å². The van der Waals surface area contributed by atoms with Crippen LogP contribution in [-0.4, -0.2) is 24.5 Å². The SMILES string of the molecule is CCC(=O)Nc1nnc(S(=O)(=O)N[C@@H](C)c2ccc(C)cc2)s1. The summed E-state index contributed by atoms with van der Waals surface area (Å²) in [5.41, 5.74) is 1.95. The summed E-state index contributed by atoms with van der Waals surface area (Å²) in [5, 5.41) is 9.97. The normalized spacial score (nSPS) is 12.8. The molecule has 7 nitrogen and oxygen atoms in total. The zero-order chi connectivity index (χ0) is 17.0. The van der Waals surface area contributed by atoms with E-state index < -0.39 is 16.1 Å². The van der Waals surface area contributed by atoms with Gasteiger partial charge in [0.25, 0.3) is 10.0 Å². The molecule has 2 rings (SSSR count). The van der Waals surface area contributed by atoms with Gasteiger partial charge in [0.2, 0.25) is 15.4 Å². The molecule has 0 bridgehead atoms. The van der Waals surface area contributed by atoms with Crippen molar-refractivity contribution in [2.75, 3.05) is 5.32 Å². The molecule has 2 aromatic rings. The van der Waals surface area contributed by atoms with E-state index in [1.54, 1.807) is 13.8 Å². The fraction of sp³-hybridized carbons (Fsp3) is 0.357. The minimum atomic E-state index is -3.80. The van der Waals surface area contributed by atoms with E-state index in [4.69, 9.17) is 0 Å². The van der Waals surface area contributed by atoms with Gasteiger partial charge in [0, 0.05) is 12.5 Å². The molecule has 1 aromatic carbocycles. The van der Waals surface area contributed by atoms with Gasteiger partial charge in [-0.2, -0.15) is 0 Å². The van der Waals surface area contributed by atoms with Gasteiger partial charge in [0.05, 0.1) is 0 Å². The van der Waals surface area contributed by atoms with E-state index in [1.165, 1.54) is 0 Å². The molecule has 0 saturated carbocycles. The maximum Gasteiger partial charge on any atom is 0.270 e. The van der Waals surface area contributed by atoms with Crippen molar-refractivity contribution in [2.24, 2.45) is 0 Å². The first kappa shape index (κ1) is 17.5. The lowest BCUT2D eigenvalue weighted by Crippen LogP contribution is -2.26. The first-order chi connectivity index (χ1) is 10.8. The summed E-state index contributed by atoms with van der Waals surface area (Å²) in [6.45, 7) is 5.41. The second kappa shape index (κ2) is 7.16. The predicted octanol–water partition coefficient (Wildman–Crippen LogP) is 2.23. The summed E-state index contributed by atoms with van der Waals surface area (Å²) < 4.78 is 27.0. The van der Waals surface area contributed by atoms with Gasteiger partial charge >= 0.3 is 0 Å². The Balaban J connectivity index is 2.12. The van der Waals surface area contributed by atoms with Crippen LogP contribution in [0.4, 0.5) is 5.13 Å². The molecule has 0 aliphatic carbocycles. The molecular weight excluding hydrogens is 336 g/mol. The van der Waals surface area contributed by atoms with Crippen LogP contribution >= 0.6 is 11.3 Å². The Morgan fingerprint density at radius 1 is 1.26 bits per heavy atom. The van der Waals surface area contributed by atoms with Gasteiger partial charge in [-0.05, 0) is 19.4 Å². The number of nitrogens with zero attached hydrogens (tertiary/aromatic N) is 2. The Bertz CT molecular complexity index is 785. The highest BCUT2D eigenvalue weighted by molar-refractivity contribution is 7.91. The minimum absolute atomic E-state index is 0.167. The van der Waals surface area contributed by atoms with Crippen LogP contribution in [0.15, 0.2) is 28.6 Å². The molecule has 23 heavy (non-hydrogen) atoms. The minimum Gasteiger partial charge on any atom is -0.301 e. The van der Waals surface area contributed by atoms with E-state index in [0.717, 1.165) is 22.5 Å². The number of carbonyl (C=O) groups excluding carboxylic acids is 1. The first-order valence-corrected chi connectivity index (χ1v) is 9.34. The second-order valence-electron chi connectivity index (χ2n) is 5.03. The fourth-order valence-corrected chi connectivity index (χ4v) is 3.95. The van der Waals surface area contributed by atoms with Crippen molar-refractivity contribution >= 4 is 32.4 Å². The molecule has 1 amide bonds. The van der Waals surface area contributed by atoms with Crippen molar-refractivity contribution in [2.45, 2.75) is 37.6 Å². The third-order valence-electron chi connectivity index (χ3n) is 3.11. The largest absolute Gasteiger partial charge is 0.301 e. The highest BCUT2D eigenvalue weighted by Gasteiger charge is 2.23. The molecule has 0 unspecified atom stereocenters. The predicted molar refractivity (Wildman–Crippen MR) is 88.7 cm³/mol. The number of hydrogen-bond donors (Lipinski definition) is 2. The fourth-order valence-electron chi connectivity index (χ4n) is 1.78. The third kappa shape index (κ3) is 4.57. The van der Waals surface area contributed by atoms with Crippen LogP contribution in [0.2, 0.25) is 0 Å². The molecule has 1 aromatic heterocycles. The summed E-state index contributed by atoms with van der Waals surface area (Å²) in [7, 11) is -3.80. The summed E-state index contributed by atoms with van der Waals surface area (Å²) in [4.78, 5) is 11.3. The van der Waals surface area contributed by atoms with E-state index in [0.29, 0.717) is 0 Å². The lowest BCUT2D eigenvalue weighted by molar-refractivity contribution is -0.115. The zero-order valence-electron chi connectivity index (χ0n) is 13.0. The van der Waals surface area contributed by atoms with Crippen molar-refractivity contribution in [3.8, 4) is 0 Å². The van der Waals surface area contributed by atoms with Gasteiger partial charge in [-0.25, -0.2) is 13.1 Å². The number of carbonyl (C=O) groups is 1. The number of aromatic nitrogens is 2. The summed E-state index contributed by atoms with van der Waals surface area (Å²) in [5.74, 6) is -0.244. The standard InChI is InChI=1S/C14H18N4O3S2/c1-4-12(19)15-13-16-17-14(22-13)23(20,21)18-10(3)11-7-5-9(2)6-8-11/h5-8,10,18H,4H2,1-3H3,(H,15,16,19)/t10-/m0/s1. The highest BCUT2D eigenvalue weighted by atomic mass is 32.2. The summed E-state index contributed by atoms with van der Waals surface area (Å²) in [6.07, 6.45) is 0.282. The number of sulfonamides is 1. The number of anilines is 1. The van der Waals surface area contributed by atoms with Crippen LogP contribution in [0.3, 0.4) is 0 Å². The molecule has 124 valence electrons. The van der Waals surface area contributed by atoms with Crippen LogP contribution in [-0.2, 0) is 14.8 Å². The van der Waals surface area contributed by atoms with E-state index in [9.17, 15) is 13.2 Å². The van der Waals surface area contributed by atoms with Gasteiger partial charge in [-0.3, -0.25) is 4.79 Å². The topological polar surface area (TPSA) is 101 Å². The Morgan fingerprint density at radius 2 is 1.91 bits per heavy atom. The maximum atomic E-state index is 12.3. The smallest absolute Gasteiger partial charge is 0.270 e. The molecule has 0 spiro atoms. The van der Waals surface area contributed by atoms with Crippen molar-refractivity contribution in [1.82, 2.24) is 14.9 Å². The number of benzene rings is 1. The van der Waals surface area contributed by atoms with Crippen LogP contribution in [0.1, 0.15) is 37.4 Å². The maximum absolute atomic E-state index is 12.3. The number of aryl methyl sites for hydroxylation is 1. The summed E-state index contributed by atoms with van der Waals surface area (Å²) >= 11 is 0.819. The van der Waals surface area contributed by atoms with Crippen LogP contribution < -0.4 is 10.0 Å². The number of rotatable bonds is 6. The Labute approximate surface area is 139 Å². The Kier molecular flexibility index (Phi) is 5.45. The van der Waals surface area contributed by atoms with E-state index in [1.807, 2.05) is 31.2 Å².